The molecule has 2 aromatic carbocycles. The van der Waals surface area contributed by atoms with Crippen molar-refractivity contribution >= 4 is 46.8 Å². The first-order chi connectivity index (χ1) is 10.2. The maximum atomic E-state index is 10.3. The normalized spacial score (nSPS) is 11.5. The van der Waals surface area contributed by atoms with Crippen LogP contribution < -0.4 is 0 Å². The SMILES string of the molecule is CSc1nc(/N=N/c2c(S)cc3ccccc3c2O)n[nH]1. The zero-order chi connectivity index (χ0) is 14.8. The molecule has 1 aromatic heterocycles. The molecule has 0 unspecified atom stereocenters. The highest BCUT2D eigenvalue weighted by atomic mass is 32.2. The number of fused-ring (bicyclic) bond motifs is 1. The number of aromatic hydroxyl groups is 1. The zero-order valence-electron chi connectivity index (χ0n) is 11.0. The van der Waals surface area contributed by atoms with Crippen molar-refractivity contribution in [2.45, 2.75) is 10.1 Å². The number of nitrogens with one attached hydrogen (secondary N) is 1. The molecule has 2 N–H and O–H groups in total. The lowest BCUT2D eigenvalue weighted by atomic mass is 10.1. The molecule has 0 radical (unpaired) electrons. The first kappa shape index (κ1) is 13.9. The summed E-state index contributed by atoms with van der Waals surface area (Å²) in [6.07, 6.45) is 1.88. The summed E-state index contributed by atoms with van der Waals surface area (Å²) in [6, 6.07) is 9.29. The average Bonchev–Trinajstić information content (AvgIpc) is 2.95. The van der Waals surface area contributed by atoms with Crippen LogP contribution in [0, 0.1) is 0 Å². The number of hydrogen-bond acceptors (Lipinski definition) is 7. The minimum atomic E-state index is 0.0440. The van der Waals surface area contributed by atoms with E-state index in [2.05, 4.69) is 38.0 Å². The van der Waals surface area contributed by atoms with Gasteiger partial charge in [-0.15, -0.1) is 28.0 Å². The molecular weight excluding hydrogens is 306 g/mol. The maximum Gasteiger partial charge on any atom is 0.288 e. The van der Waals surface area contributed by atoms with Crippen molar-refractivity contribution in [3.05, 3.63) is 30.3 Å². The number of phenolic OH excluding ortho intramolecular Hbond substituents is 1. The third-order valence-electron chi connectivity index (χ3n) is 2.86. The number of thiol groups is 1. The number of aromatic amines is 1. The lowest BCUT2D eigenvalue weighted by molar-refractivity contribution is 0.481. The van der Waals surface area contributed by atoms with E-state index in [0.29, 0.717) is 21.1 Å². The molecule has 0 saturated heterocycles. The molecule has 0 spiro atoms. The minimum Gasteiger partial charge on any atom is -0.505 e. The first-order valence-electron chi connectivity index (χ1n) is 6.01. The number of benzene rings is 2. The van der Waals surface area contributed by atoms with E-state index < -0.39 is 0 Å². The molecule has 3 aromatic rings. The second kappa shape index (κ2) is 5.74. The summed E-state index contributed by atoms with van der Waals surface area (Å²) in [6.45, 7) is 0. The number of aromatic nitrogens is 3. The molecule has 0 aliphatic rings. The van der Waals surface area contributed by atoms with Crippen LogP contribution in [0.15, 0.2) is 50.6 Å². The number of H-pyrrole nitrogens is 1. The van der Waals surface area contributed by atoms with Crippen LogP contribution in [-0.4, -0.2) is 26.5 Å². The monoisotopic (exact) mass is 317 g/mol. The van der Waals surface area contributed by atoms with Gasteiger partial charge in [-0.05, 0) is 17.7 Å². The van der Waals surface area contributed by atoms with Crippen molar-refractivity contribution in [2.24, 2.45) is 10.2 Å². The fraction of sp³-hybridized carbons (Fsp3) is 0.0769. The van der Waals surface area contributed by atoms with E-state index in [1.807, 2.05) is 36.6 Å². The topological polar surface area (TPSA) is 86.5 Å². The van der Waals surface area contributed by atoms with Gasteiger partial charge >= 0.3 is 0 Å². The minimum absolute atomic E-state index is 0.0440. The predicted molar refractivity (Wildman–Crippen MR) is 85.2 cm³/mol. The molecule has 8 heteroatoms. The lowest BCUT2D eigenvalue weighted by Crippen LogP contribution is -1.78. The molecular formula is C13H11N5OS2. The largest absolute Gasteiger partial charge is 0.505 e. The van der Waals surface area contributed by atoms with Crippen molar-refractivity contribution in [1.82, 2.24) is 15.2 Å². The Morgan fingerprint density at radius 3 is 2.86 bits per heavy atom. The maximum absolute atomic E-state index is 10.3. The van der Waals surface area contributed by atoms with Crippen molar-refractivity contribution < 1.29 is 5.11 Å². The average molecular weight is 317 g/mol. The van der Waals surface area contributed by atoms with E-state index in [1.165, 1.54) is 11.8 Å². The van der Waals surface area contributed by atoms with Gasteiger partial charge in [0.25, 0.3) is 5.95 Å². The fourth-order valence-electron chi connectivity index (χ4n) is 1.87. The van der Waals surface area contributed by atoms with Gasteiger partial charge in [0.1, 0.15) is 5.69 Å². The van der Waals surface area contributed by atoms with Crippen molar-refractivity contribution in [2.75, 3.05) is 6.26 Å². The summed E-state index contributed by atoms with van der Waals surface area (Å²) in [4.78, 5) is 4.63. The van der Waals surface area contributed by atoms with E-state index in [1.54, 1.807) is 0 Å². The van der Waals surface area contributed by atoms with Crippen molar-refractivity contribution in [3.8, 4) is 5.75 Å². The smallest absolute Gasteiger partial charge is 0.288 e. The zero-order valence-corrected chi connectivity index (χ0v) is 12.7. The standard InChI is InChI=1S/C13H11N5OS2/c1-21-13-14-12(17-18-13)16-15-10-9(20)6-7-4-2-3-5-8(7)11(10)19/h2-6,19-20H,1H3,(H,14,17,18)/b16-15+. The number of phenols is 1. The Bertz CT molecular complexity index is 831. The molecule has 1 heterocycles. The van der Waals surface area contributed by atoms with Gasteiger partial charge in [0.05, 0.1) is 0 Å². The molecule has 3 rings (SSSR count). The van der Waals surface area contributed by atoms with Crippen LogP contribution in [0.1, 0.15) is 0 Å². The summed E-state index contributed by atoms with van der Waals surface area (Å²) in [7, 11) is 0. The summed E-state index contributed by atoms with van der Waals surface area (Å²) in [5, 5.41) is 27.1. The van der Waals surface area contributed by atoms with Crippen LogP contribution in [0.25, 0.3) is 10.8 Å². The number of hydrogen-bond donors (Lipinski definition) is 3. The molecule has 0 saturated carbocycles. The molecule has 0 fully saturated rings. The third kappa shape index (κ3) is 2.72. The van der Waals surface area contributed by atoms with E-state index in [0.717, 1.165) is 5.39 Å². The fourth-order valence-corrected chi connectivity index (χ4v) is 2.47. The van der Waals surface area contributed by atoms with Gasteiger partial charge in [0.15, 0.2) is 10.9 Å². The van der Waals surface area contributed by atoms with Crippen LogP contribution in [0.5, 0.6) is 5.75 Å². The van der Waals surface area contributed by atoms with Gasteiger partial charge in [0, 0.05) is 10.3 Å². The van der Waals surface area contributed by atoms with Gasteiger partial charge < -0.3 is 5.11 Å². The second-order valence-corrected chi connectivity index (χ2v) is 5.44. The highest BCUT2D eigenvalue weighted by Gasteiger charge is 2.10. The van der Waals surface area contributed by atoms with Crippen molar-refractivity contribution in [1.29, 1.82) is 0 Å². The van der Waals surface area contributed by atoms with Crippen LogP contribution in [0.3, 0.4) is 0 Å². The van der Waals surface area contributed by atoms with E-state index in [9.17, 15) is 5.11 Å². The Balaban J connectivity index is 2.03. The summed E-state index contributed by atoms with van der Waals surface area (Å²) in [5.41, 5.74) is 0.299. The van der Waals surface area contributed by atoms with Crippen LogP contribution in [-0.2, 0) is 0 Å². The van der Waals surface area contributed by atoms with Crippen LogP contribution >= 0.6 is 24.4 Å². The van der Waals surface area contributed by atoms with E-state index in [-0.39, 0.29) is 11.7 Å². The molecule has 21 heavy (non-hydrogen) atoms. The molecule has 0 bridgehead atoms. The lowest BCUT2D eigenvalue weighted by Gasteiger charge is -2.06. The Morgan fingerprint density at radius 2 is 2.10 bits per heavy atom. The van der Waals surface area contributed by atoms with Gasteiger partial charge in [-0.25, -0.2) is 0 Å². The summed E-state index contributed by atoms with van der Waals surface area (Å²) < 4.78 is 0. The van der Waals surface area contributed by atoms with Crippen LogP contribution in [0.2, 0.25) is 0 Å². The molecule has 6 nitrogen and oxygen atoms in total. The number of rotatable bonds is 3. The number of thioether (sulfide) groups is 1. The molecule has 0 aliphatic heterocycles. The summed E-state index contributed by atoms with van der Waals surface area (Å²) in [5.74, 6) is 0.252. The Labute approximate surface area is 130 Å². The number of azo groups is 1. The van der Waals surface area contributed by atoms with Gasteiger partial charge in [-0.2, -0.15) is 4.98 Å². The van der Waals surface area contributed by atoms with Crippen LogP contribution in [0.4, 0.5) is 11.6 Å². The highest BCUT2D eigenvalue weighted by Crippen LogP contribution is 2.40. The molecule has 0 amide bonds. The second-order valence-electron chi connectivity index (χ2n) is 4.16. The molecule has 0 atom stereocenters. The third-order valence-corrected chi connectivity index (χ3v) is 3.77. The van der Waals surface area contributed by atoms with E-state index >= 15 is 0 Å². The van der Waals surface area contributed by atoms with Gasteiger partial charge in [-0.3, -0.25) is 5.10 Å². The Hall–Kier alpha value is -2.06. The van der Waals surface area contributed by atoms with Gasteiger partial charge in [-0.1, -0.05) is 36.0 Å². The molecule has 106 valence electrons. The Kier molecular flexibility index (Phi) is 3.80. The quantitative estimate of drug-likeness (QED) is 0.386. The summed E-state index contributed by atoms with van der Waals surface area (Å²) >= 11 is 5.77. The Morgan fingerprint density at radius 1 is 1.29 bits per heavy atom. The predicted octanol–water partition coefficient (Wildman–Crippen LogP) is 4.09. The number of nitrogens with zero attached hydrogens (tertiary/aromatic N) is 4. The van der Waals surface area contributed by atoms with Crippen molar-refractivity contribution in [3.63, 3.8) is 0 Å². The molecule has 0 aliphatic carbocycles. The highest BCUT2D eigenvalue weighted by molar-refractivity contribution is 7.98. The van der Waals surface area contributed by atoms with Gasteiger partial charge in [0.2, 0.25) is 0 Å². The van der Waals surface area contributed by atoms with E-state index in [4.69, 9.17) is 0 Å². The first-order valence-corrected chi connectivity index (χ1v) is 7.68.